The van der Waals surface area contributed by atoms with E-state index in [1.165, 1.54) is 11.1 Å². The Kier molecular flexibility index (Phi) is 5.24. The lowest BCUT2D eigenvalue weighted by molar-refractivity contribution is -0.116. The van der Waals surface area contributed by atoms with Gasteiger partial charge in [0, 0.05) is 36.3 Å². The topological polar surface area (TPSA) is 59.6 Å². The maximum absolute atomic E-state index is 11.5. The fourth-order valence-electron chi connectivity index (χ4n) is 3.05. The van der Waals surface area contributed by atoms with Crippen molar-refractivity contribution < 1.29 is 14.3 Å². The molecule has 2 aromatic carbocycles. The highest BCUT2D eigenvalue weighted by Gasteiger charge is 2.16. The highest BCUT2D eigenvalue weighted by Crippen LogP contribution is 2.28. The number of methoxy groups -OCH3 is 2. The lowest BCUT2D eigenvalue weighted by atomic mass is 9.97. The van der Waals surface area contributed by atoms with Crippen molar-refractivity contribution in [1.82, 2.24) is 5.32 Å². The molecule has 1 amide bonds. The van der Waals surface area contributed by atoms with E-state index < -0.39 is 0 Å². The van der Waals surface area contributed by atoms with Crippen LogP contribution in [-0.2, 0) is 17.8 Å². The zero-order valence-corrected chi connectivity index (χ0v) is 14.9. The predicted molar refractivity (Wildman–Crippen MR) is 98.2 cm³/mol. The first kappa shape index (κ1) is 17.3. The molecule has 0 bridgehead atoms. The molecule has 0 unspecified atom stereocenters. The predicted octanol–water partition coefficient (Wildman–Crippen LogP) is 3.44. The van der Waals surface area contributed by atoms with Crippen molar-refractivity contribution in [2.75, 3.05) is 19.5 Å². The molecule has 132 valence electrons. The largest absolute Gasteiger partial charge is 0.497 e. The van der Waals surface area contributed by atoms with Crippen molar-refractivity contribution in [2.45, 2.75) is 32.4 Å². The number of ether oxygens (including phenoxy) is 2. The van der Waals surface area contributed by atoms with Crippen LogP contribution in [0.25, 0.3) is 0 Å². The number of amides is 1. The van der Waals surface area contributed by atoms with Crippen LogP contribution in [0.5, 0.6) is 11.5 Å². The van der Waals surface area contributed by atoms with E-state index in [9.17, 15) is 4.79 Å². The van der Waals surface area contributed by atoms with Crippen LogP contribution in [0, 0.1) is 0 Å². The zero-order valence-electron chi connectivity index (χ0n) is 14.9. The lowest BCUT2D eigenvalue weighted by Gasteiger charge is -2.21. The van der Waals surface area contributed by atoms with E-state index in [0.717, 1.165) is 29.2 Å². The molecular formula is C20H24N2O3. The number of nitrogens with one attached hydrogen (secondary N) is 2. The second-order valence-corrected chi connectivity index (χ2v) is 6.25. The number of benzene rings is 2. The van der Waals surface area contributed by atoms with Gasteiger partial charge >= 0.3 is 0 Å². The third-order valence-electron chi connectivity index (χ3n) is 4.62. The molecule has 1 heterocycles. The Bertz CT molecular complexity index is 774. The Morgan fingerprint density at radius 2 is 1.96 bits per heavy atom. The first-order valence-electron chi connectivity index (χ1n) is 8.47. The molecule has 0 aliphatic carbocycles. The van der Waals surface area contributed by atoms with Crippen molar-refractivity contribution in [3.05, 3.63) is 53.1 Å². The SMILES string of the molecule is COc1ccc(CN[C@H](C)c2ccc3c(c2)CCC(=O)N3)c(OC)c1. The summed E-state index contributed by atoms with van der Waals surface area (Å²) in [6.07, 6.45) is 1.36. The molecule has 0 aromatic heterocycles. The van der Waals surface area contributed by atoms with Crippen LogP contribution in [0.15, 0.2) is 36.4 Å². The monoisotopic (exact) mass is 340 g/mol. The average molecular weight is 340 g/mol. The van der Waals surface area contributed by atoms with E-state index in [-0.39, 0.29) is 11.9 Å². The van der Waals surface area contributed by atoms with Crippen LogP contribution >= 0.6 is 0 Å². The van der Waals surface area contributed by atoms with Gasteiger partial charge in [0.25, 0.3) is 0 Å². The number of rotatable bonds is 6. The second-order valence-electron chi connectivity index (χ2n) is 6.25. The lowest BCUT2D eigenvalue weighted by Crippen LogP contribution is -2.21. The average Bonchev–Trinajstić information content (AvgIpc) is 2.65. The highest BCUT2D eigenvalue weighted by molar-refractivity contribution is 5.93. The van der Waals surface area contributed by atoms with Crippen molar-refractivity contribution in [3.8, 4) is 11.5 Å². The van der Waals surface area contributed by atoms with Gasteiger partial charge in [-0.1, -0.05) is 18.2 Å². The van der Waals surface area contributed by atoms with Gasteiger partial charge in [-0.3, -0.25) is 4.79 Å². The van der Waals surface area contributed by atoms with E-state index >= 15 is 0 Å². The molecule has 2 N–H and O–H groups in total. The summed E-state index contributed by atoms with van der Waals surface area (Å²) in [5.41, 5.74) is 4.43. The van der Waals surface area contributed by atoms with Crippen LogP contribution < -0.4 is 20.1 Å². The van der Waals surface area contributed by atoms with E-state index in [4.69, 9.17) is 9.47 Å². The molecule has 3 rings (SSSR count). The minimum Gasteiger partial charge on any atom is -0.497 e. The van der Waals surface area contributed by atoms with Crippen LogP contribution in [0.1, 0.15) is 36.1 Å². The van der Waals surface area contributed by atoms with Gasteiger partial charge in [0.15, 0.2) is 0 Å². The molecule has 1 aliphatic rings. The molecule has 2 aromatic rings. The van der Waals surface area contributed by atoms with Gasteiger partial charge in [0.1, 0.15) is 11.5 Å². The molecular weight excluding hydrogens is 316 g/mol. The zero-order chi connectivity index (χ0) is 17.8. The highest BCUT2D eigenvalue weighted by atomic mass is 16.5. The molecule has 5 heteroatoms. The molecule has 1 aliphatic heterocycles. The Morgan fingerprint density at radius 3 is 2.72 bits per heavy atom. The molecule has 0 fully saturated rings. The third-order valence-corrected chi connectivity index (χ3v) is 4.62. The summed E-state index contributed by atoms with van der Waals surface area (Å²) >= 11 is 0. The van der Waals surface area contributed by atoms with Crippen molar-refractivity contribution in [1.29, 1.82) is 0 Å². The van der Waals surface area contributed by atoms with Crippen LogP contribution in [0.2, 0.25) is 0 Å². The first-order chi connectivity index (χ1) is 12.1. The molecule has 0 radical (unpaired) electrons. The van der Waals surface area contributed by atoms with Gasteiger partial charge in [-0.15, -0.1) is 0 Å². The van der Waals surface area contributed by atoms with Crippen molar-refractivity contribution in [3.63, 3.8) is 0 Å². The Balaban J connectivity index is 1.69. The second kappa shape index (κ2) is 7.57. The standard InChI is InChI=1S/C20H24N2O3/c1-13(14-5-8-18-15(10-14)6-9-20(23)22-18)21-12-16-4-7-17(24-2)11-19(16)25-3/h4-5,7-8,10-11,13,21H,6,9,12H2,1-3H3,(H,22,23)/t13-/m1/s1. The normalized spacial score (nSPS) is 14.4. The molecule has 0 spiro atoms. The molecule has 5 nitrogen and oxygen atoms in total. The minimum atomic E-state index is 0.0954. The molecule has 0 saturated carbocycles. The Labute approximate surface area is 148 Å². The summed E-state index contributed by atoms with van der Waals surface area (Å²) < 4.78 is 10.7. The third kappa shape index (κ3) is 3.94. The number of hydrogen-bond donors (Lipinski definition) is 2. The summed E-state index contributed by atoms with van der Waals surface area (Å²) in [6.45, 7) is 2.83. The van der Waals surface area contributed by atoms with Gasteiger partial charge in [-0.05, 0) is 36.6 Å². The molecule has 0 saturated heterocycles. The summed E-state index contributed by atoms with van der Waals surface area (Å²) in [5.74, 6) is 1.69. The van der Waals surface area contributed by atoms with Gasteiger partial charge in [-0.2, -0.15) is 0 Å². The minimum absolute atomic E-state index is 0.0954. The smallest absolute Gasteiger partial charge is 0.224 e. The van der Waals surface area contributed by atoms with Crippen molar-refractivity contribution in [2.24, 2.45) is 0 Å². The summed E-state index contributed by atoms with van der Waals surface area (Å²) in [4.78, 5) is 11.5. The van der Waals surface area contributed by atoms with Gasteiger partial charge in [-0.25, -0.2) is 0 Å². The van der Waals surface area contributed by atoms with Gasteiger partial charge in [0.2, 0.25) is 5.91 Å². The number of aryl methyl sites for hydroxylation is 1. The summed E-state index contributed by atoms with van der Waals surface area (Å²) in [7, 11) is 3.31. The van der Waals surface area contributed by atoms with E-state index in [0.29, 0.717) is 13.0 Å². The molecule has 1 atom stereocenters. The maximum Gasteiger partial charge on any atom is 0.224 e. The van der Waals surface area contributed by atoms with E-state index in [2.05, 4.69) is 29.7 Å². The molecule has 25 heavy (non-hydrogen) atoms. The number of carbonyl (C=O) groups is 1. The van der Waals surface area contributed by atoms with Gasteiger partial charge < -0.3 is 20.1 Å². The number of hydrogen-bond acceptors (Lipinski definition) is 4. The van der Waals surface area contributed by atoms with Crippen LogP contribution in [-0.4, -0.2) is 20.1 Å². The summed E-state index contributed by atoms with van der Waals surface area (Å²) in [5, 5.41) is 6.46. The number of anilines is 1. The van der Waals surface area contributed by atoms with Gasteiger partial charge in [0.05, 0.1) is 14.2 Å². The Morgan fingerprint density at radius 1 is 1.12 bits per heavy atom. The van der Waals surface area contributed by atoms with E-state index in [1.54, 1.807) is 14.2 Å². The van der Waals surface area contributed by atoms with Crippen molar-refractivity contribution >= 4 is 11.6 Å². The number of carbonyl (C=O) groups excluding carboxylic acids is 1. The fourth-order valence-corrected chi connectivity index (χ4v) is 3.05. The van der Waals surface area contributed by atoms with Crippen LogP contribution in [0.4, 0.5) is 5.69 Å². The summed E-state index contributed by atoms with van der Waals surface area (Å²) in [6, 6.07) is 12.3. The fraction of sp³-hybridized carbons (Fsp3) is 0.350. The Hall–Kier alpha value is -2.53. The first-order valence-corrected chi connectivity index (χ1v) is 8.47. The van der Waals surface area contributed by atoms with E-state index in [1.807, 2.05) is 24.3 Å². The number of fused-ring (bicyclic) bond motifs is 1. The quantitative estimate of drug-likeness (QED) is 0.846. The van der Waals surface area contributed by atoms with Crippen LogP contribution in [0.3, 0.4) is 0 Å². The maximum atomic E-state index is 11.5.